The van der Waals surface area contributed by atoms with Crippen LogP contribution in [0.5, 0.6) is 11.5 Å². The Morgan fingerprint density at radius 1 is 0.702 bits per heavy atom. The third kappa shape index (κ3) is 14.8. The van der Waals surface area contributed by atoms with Gasteiger partial charge in [-0.1, -0.05) is 146 Å². The van der Waals surface area contributed by atoms with Gasteiger partial charge in [0, 0.05) is 23.7 Å². The quantitative estimate of drug-likeness (QED) is 0.126. The molecule has 0 aromatic heterocycles. The standard InChI is InChI=1S/C39H47N2O3.C2H6.K/c1-38(2,3)33-22-20-31(35(25-33)43-7)13-9-10-15-37(42)41-28-30-18-16-29(17-19-30)27-40-24-12-11-14-32-21-23-34(39(4,5)6)26-36(32)44-8;1-2;/h9-26H,27-28H2,1-8H3,(H,41,42);1-2H3;/q-1;;+1/b13-9+,14-11+,15-10+,24-12?;;. The van der Waals surface area contributed by atoms with Crippen LogP contribution in [0.1, 0.15) is 88.8 Å². The molecule has 0 aliphatic rings. The Labute approximate surface area is 327 Å². The first-order valence-corrected chi connectivity index (χ1v) is 16.0. The molecule has 3 aromatic rings. The molecule has 5 nitrogen and oxygen atoms in total. The number of allylic oxidation sites excluding steroid dienone is 4. The van der Waals surface area contributed by atoms with E-state index in [-0.39, 0.29) is 68.1 Å². The molecule has 3 aromatic carbocycles. The zero-order valence-corrected chi connectivity index (χ0v) is 33.6. The molecule has 246 valence electrons. The molecule has 0 unspecified atom stereocenters. The summed E-state index contributed by atoms with van der Waals surface area (Å²) < 4.78 is 11.1. The number of carbonyl (C=O) groups excluding carboxylic acids is 1. The van der Waals surface area contributed by atoms with Crippen molar-refractivity contribution < 1.29 is 65.7 Å². The van der Waals surface area contributed by atoms with Crippen molar-refractivity contribution >= 4 is 18.1 Å². The van der Waals surface area contributed by atoms with Gasteiger partial charge in [-0.15, -0.1) is 6.54 Å². The molecule has 0 fully saturated rings. The van der Waals surface area contributed by atoms with Crippen molar-refractivity contribution in [2.45, 2.75) is 79.3 Å². The fourth-order valence-corrected chi connectivity index (χ4v) is 4.37. The number of nitrogens with one attached hydrogen (secondary N) is 1. The fourth-order valence-electron chi connectivity index (χ4n) is 4.37. The van der Waals surface area contributed by atoms with Gasteiger partial charge in [0.25, 0.3) is 0 Å². The summed E-state index contributed by atoms with van der Waals surface area (Å²) >= 11 is 0. The predicted octanol–water partition coefficient (Wildman–Crippen LogP) is 7.32. The summed E-state index contributed by atoms with van der Waals surface area (Å²) in [6, 6.07) is 20.6. The molecule has 6 heteroatoms. The van der Waals surface area contributed by atoms with Crippen molar-refractivity contribution in [1.29, 1.82) is 0 Å². The van der Waals surface area contributed by atoms with Crippen LogP contribution in [0.3, 0.4) is 0 Å². The van der Waals surface area contributed by atoms with Crippen LogP contribution in [0.4, 0.5) is 0 Å². The molecule has 0 heterocycles. The molecule has 0 saturated heterocycles. The summed E-state index contributed by atoms with van der Waals surface area (Å²) in [5, 5.41) is 7.43. The van der Waals surface area contributed by atoms with Crippen LogP contribution in [0.25, 0.3) is 17.5 Å². The van der Waals surface area contributed by atoms with E-state index in [2.05, 4.69) is 82.5 Å². The van der Waals surface area contributed by atoms with E-state index in [4.69, 9.17) is 9.47 Å². The van der Waals surface area contributed by atoms with E-state index >= 15 is 0 Å². The first kappa shape index (κ1) is 42.1. The smallest absolute Gasteiger partial charge is 0.687 e. The minimum absolute atomic E-state index is 0. The van der Waals surface area contributed by atoms with Gasteiger partial charge in [0.2, 0.25) is 5.91 Å². The number of carbonyl (C=O) groups is 1. The Kier molecular flexibility index (Phi) is 19.0. The van der Waals surface area contributed by atoms with Crippen molar-refractivity contribution in [3.8, 4) is 11.5 Å². The van der Waals surface area contributed by atoms with Crippen molar-refractivity contribution in [2.24, 2.45) is 0 Å². The number of methoxy groups -OCH3 is 2. The van der Waals surface area contributed by atoms with E-state index in [1.807, 2.05) is 74.6 Å². The van der Waals surface area contributed by atoms with E-state index in [0.717, 1.165) is 33.8 Å². The monoisotopic (exact) mass is 660 g/mol. The van der Waals surface area contributed by atoms with Gasteiger partial charge in [-0.25, -0.2) is 0 Å². The number of nitrogens with zero attached hydrogens (tertiary/aromatic N) is 1. The zero-order chi connectivity index (χ0) is 34.2. The van der Waals surface area contributed by atoms with Crippen LogP contribution < -0.4 is 66.2 Å². The van der Waals surface area contributed by atoms with E-state index < -0.39 is 0 Å². The normalized spacial score (nSPS) is 11.8. The van der Waals surface area contributed by atoms with Crippen LogP contribution in [0.2, 0.25) is 0 Å². The van der Waals surface area contributed by atoms with Crippen molar-refractivity contribution in [3.05, 3.63) is 136 Å². The van der Waals surface area contributed by atoms with Gasteiger partial charge in [0.15, 0.2) is 0 Å². The fraction of sp³-hybridized carbons (Fsp3) is 0.341. The second-order valence-electron chi connectivity index (χ2n) is 12.7. The molecular weight excluding hydrogens is 608 g/mol. The third-order valence-electron chi connectivity index (χ3n) is 7.18. The van der Waals surface area contributed by atoms with Crippen LogP contribution in [0, 0.1) is 0 Å². The maximum Gasteiger partial charge on any atom is 1.00 e. The Morgan fingerprint density at radius 2 is 1.17 bits per heavy atom. The number of hydrogen-bond acceptors (Lipinski definition) is 3. The summed E-state index contributed by atoms with van der Waals surface area (Å²) in [7, 11) is 3.37. The minimum Gasteiger partial charge on any atom is -0.687 e. The first-order valence-electron chi connectivity index (χ1n) is 16.0. The van der Waals surface area contributed by atoms with Gasteiger partial charge >= 0.3 is 51.4 Å². The van der Waals surface area contributed by atoms with Crippen LogP contribution in [-0.4, -0.2) is 20.1 Å². The number of ether oxygens (including phenoxy) is 2. The van der Waals surface area contributed by atoms with Gasteiger partial charge < -0.3 is 20.1 Å². The summed E-state index contributed by atoms with van der Waals surface area (Å²) in [5.74, 6) is 1.53. The van der Waals surface area contributed by atoms with E-state index in [0.29, 0.717) is 13.1 Å². The molecular formula is C41H53KN2O3. The van der Waals surface area contributed by atoms with Gasteiger partial charge in [-0.2, -0.15) is 6.20 Å². The second kappa shape index (κ2) is 21.2. The Balaban J connectivity index is 0.00000361. The third-order valence-corrected chi connectivity index (χ3v) is 7.18. The van der Waals surface area contributed by atoms with E-state index in [1.54, 1.807) is 26.5 Å². The maximum atomic E-state index is 12.3. The molecule has 1 N–H and O–H groups in total. The molecule has 0 spiro atoms. The van der Waals surface area contributed by atoms with Crippen LogP contribution in [0.15, 0.2) is 97.2 Å². The molecule has 0 radical (unpaired) electrons. The summed E-state index contributed by atoms with van der Waals surface area (Å²) in [6.07, 6.45) is 14.8. The van der Waals surface area contributed by atoms with Crippen molar-refractivity contribution in [1.82, 2.24) is 5.32 Å². The molecule has 0 aliphatic carbocycles. The zero-order valence-electron chi connectivity index (χ0n) is 30.5. The van der Waals surface area contributed by atoms with E-state index in [9.17, 15) is 4.79 Å². The summed E-state index contributed by atoms with van der Waals surface area (Å²) in [5.41, 5.74) is 6.70. The summed E-state index contributed by atoms with van der Waals surface area (Å²) in [6.45, 7) is 18.1. The van der Waals surface area contributed by atoms with Gasteiger partial charge in [0.1, 0.15) is 11.5 Å². The number of hydrogen-bond donors (Lipinski definition) is 1. The average Bonchev–Trinajstić information content (AvgIpc) is 3.04. The van der Waals surface area contributed by atoms with Crippen LogP contribution >= 0.6 is 0 Å². The van der Waals surface area contributed by atoms with E-state index in [1.165, 1.54) is 17.2 Å². The second-order valence-corrected chi connectivity index (χ2v) is 12.7. The number of amides is 1. The van der Waals surface area contributed by atoms with Crippen LogP contribution in [-0.2, 0) is 28.7 Å². The largest absolute Gasteiger partial charge is 1.00 e. The molecule has 47 heavy (non-hydrogen) atoms. The Morgan fingerprint density at radius 3 is 1.64 bits per heavy atom. The molecule has 0 saturated carbocycles. The SMILES string of the molecule is CC.COc1cc(C(C)(C)C)ccc1/C=C/C=C[N-]Cc1ccc(CNC(=O)/C=C/C=C/c2ccc(C(C)(C)C)cc2OC)cc1.[K+]. The average molecular weight is 661 g/mol. The number of rotatable bonds is 12. The summed E-state index contributed by atoms with van der Waals surface area (Å²) in [4.78, 5) is 12.3. The molecule has 1 amide bonds. The van der Waals surface area contributed by atoms with Gasteiger partial charge in [-0.3, -0.25) is 4.79 Å². The van der Waals surface area contributed by atoms with Crippen molar-refractivity contribution in [2.75, 3.05) is 14.2 Å². The predicted molar refractivity (Wildman–Crippen MR) is 196 cm³/mol. The maximum absolute atomic E-state index is 12.3. The van der Waals surface area contributed by atoms with Crippen molar-refractivity contribution in [3.63, 3.8) is 0 Å². The molecule has 0 bridgehead atoms. The topological polar surface area (TPSA) is 61.7 Å². The molecule has 0 atom stereocenters. The number of benzene rings is 3. The first-order chi connectivity index (χ1) is 21.9. The molecule has 3 rings (SSSR count). The van der Waals surface area contributed by atoms with Gasteiger partial charge in [-0.05, 0) is 39.7 Å². The molecule has 0 aliphatic heterocycles. The minimum atomic E-state index is -0.148. The van der Waals surface area contributed by atoms with Gasteiger partial charge in [0.05, 0.1) is 14.2 Å². The Bertz CT molecular complexity index is 1510. The Hall–Kier alpha value is -2.87.